The zero-order valence-corrected chi connectivity index (χ0v) is 14.1. The number of benzene rings is 2. The number of allylic oxidation sites excluding steroid dienone is 1. The van der Waals surface area contributed by atoms with Gasteiger partial charge in [0.2, 0.25) is 5.88 Å². The van der Waals surface area contributed by atoms with Gasteiger partial charge in [0.1, 0.15) is 17.4 Å². The summed E-state index contributed by atoms with van der Waals surface area (Å²) in [6, 6.07) is 16.0. The largest absolute Gasteiger partial charge is 0.440 e. The van der Waals surface area contributed by atoms with Gasteiger partial charge in [-0.15, -0.1) is 0 Å². The molecule has 0 aromatic heterocycles. The van der Waals surface area contributed by atoms with Crippen LogP contribution in [0.15, 0.2) is 53.9 Å². The Bertz CT molecular complexity index is 852. The highest BCUT2D eigenvalue weighted by Crippen LogP contribution is 2.43. The van der Waals surface area contributed by atoms with Gasteiger partial charge in [0, 0.05) is 17.3 Å². The highest BCUT2D eigenvalue weighted by Gasteiger charge is 2.30. The van der Waals surface area contributed by atoms with Gasteiger partial charge in [-0.05, 0) is 22.6 Å². The number of ether oxygens (including phenoxy) is 1. The van der Waals surface area contributed by atoms with E-state index in [0.29, 0.717) is 17.0 Å². The number of nitrogens with two attached hydrogens (primary N) is 2. The number of nitrogens with zero attached hydrogens (tertiary/aromatic N) is 1. The van der Waals surface area contributed by atoms with Gasteiger partial charge in [-0.25, -0.2) is 0 Å². The lowest BCUT2D eigenvalue weighted by Gasteiger charge is -2.27. The normalized spacial score (nSPS) is 17.0. The van der Waals surface area contributed by atoms with E-state index in [1.165, 1.54) is 5.56 Å². The molecular formula is C20H21N3O. The molecule has 1 aliphatic rings. The Balaban J connectivity index is 2.13. The second-order valence-electron chi connectivity index (χ2n) is 7.09. The van der Waals surface area contributed by atoms with E-state index in [9.17, 15) is 5.26 Å². The highest BCUT2D eigenvalue weighted by atomic mass is 16.5. The van der Waals surface area contributed by atoms with Crippen molar-refractivity contribution in [1.29, 1.82) is 5.26 Å². The molecule has 0 fully saturated rings. The van der Waals surface area contributed by atoms with Crippen LogP contribution in [0.5, 0.6) is 5.75 Å². The fourth-order valence-electron chi connectivity index (χ4n) is 2.99. The van der Waals surface area contributed by atoms with Crippen LogP contribution >= 0.6 is 0 Å². The summed E-state index contributed by atoms with van der Waals surface area (Å²) in [5.74, 6) is 0.505. The Morgan fingerprint density at radius 3 is 2.29 bits per heavy atom. The number of nitriles is 1. The molecule has 4 nitrogen and oxygen atoms in total. The van der Waals surface area contributed by atoms with Crippen molar-refractivity contribution in [1.82, 2.24) is 0 Å². The zero-order chi connectivity index (χ0) is 17.5. The Morgan fingerprint density at radius 2 is 1.71 bits per heavy atom. The maximum absolute atomic E-state index is 9.56. The number of fused-ring (bicyclic) bond motifs is 1. The molecule has 0 saturated carbocycles. The molecule has 0 bridgehead atoms. The number of hydrogen-bond donors (Lipinski definition) is 2. The predicted octanol–water partition coefficient (Wildman–Crippen LogP) is 3.78. The summed E-state index contributed by atoms with van der Waals surface area (Å²) in [7, 11) is 0. The molecular weight excluding hydrogens is 298 g/mol. The van der Waals surface area contributed by atoms with E-state index >= 15 is 0 Å². The molecule has 1 heterocycles. The molecule has 1 atom stereocenters. The third kappa shape index (κ3) is 2.69. The molecule has 4 heteroatoms. The summed E-state index contributed by atoms with van der Waals surface area (Å²) in [6.45, 7) is 6.52. The van der Waals surface area contributed by atoms with Crippen molar-refractivity contribution in [2.45, 2.75) is 32.1 Å². The van der Waals surface area contributed by atoms with Crippen LogP contribution in [0.4, 0.5) is 5.69 Å². The molecule has 1 aliphatic heterocycles. The second kappa shape index (κ2) is 5.61. The molecule has 0 aliphatic carbocycles. The average molecular weight is 319 g/mol. The first kappa shape index (κ1) is 15.9. The van der Waals surface area contributed by atoms with E-state index in [1.54, 1.807) is 6.07 Å². The SMILES string of the molecule is CC(C)(C)c1ccc([C@H]2C(C#N)=C(N)Oc3cc(N)ccc32)cc1. The number of nitrogen functional groups attached to an aromatic ring is 1. The van der Waals surface area contributed by atoms with E-state index in [4.69, 9.17) is 16.2 Å². The quantitative estimate of drug-likeness (QED) is 0.783. The molecule has 122 valence electrons. The van der Waals surface area contributed by atoms with Crippen LogP contribution in [0, 0.1) is 11.3 Å². The third-order valence-electron chi connectivity index (χ3n) is 4.35. The number of rotatable bonds is 1. The first-order valence-corrected chi connectivity index (χ1v) is 7.88. The lowest BCUT2D eigenvalue weighted by molar-refractivity contribution is 0.394. The minimum atomic E-state index is -0.242. The monoisotopic (exact) mass is 319 g/mol. The van der Waals surface area contributed by atoms with Crippen molar-refractivity contribution in [3.63, 3.8) is 0 Å². The van der Waals surface area contributed by atoms with Gasteiger partial charge in [0.05, 0.1) is 5.92 Å². The topological polar surface area (TPSA) is 85.1 Å². The molecule has 3 rings (SSSR count). The van der Waals surface area contributed by atoms with E-state index < -0.39 is 0 Å². The predicted molar refractivity (Wildman–Crippen MR) is 95.3 cm³/mol. The minimum Gasteiger partial charge on any atom is -0.440 e. The lowest BCUT2D eigenvalue weighted by Crippen LogP contribution is -2.21. The van der Waals surface area contributed by atoms with Crippen LogP contribution in [-0.2, 0) is 5.41 Å². The van der Waals surface area contributed by atoms with Gasteiger partial charge in [-0.2, -0.15) is 5.26 Å². The first-order chi connectivity index (χ1) is 11.3. The van der Waals surface area contributed by atoms with Crippen molar-refractivity contribution >= 4 is 5.69 Å². The Morgan fingerprint density at radius 1 is 1.04 bits per heavy atom. The Kier molecular flexibility index (Phi) is 3.73. The summed E-state index contributed by atoms with van der Waals surface area (Å²) in [4.78, 5) is 0. The Hall–Kier alpha value is -2.93. The second-order valence-corrected chi connectivity index (χ2v) is 7.09. The average Bonchev–Trinajstić information content (AvgIpc) is 2.52. The molecule has 2 aromatic carbocycles. The molecule has 0 saturated heterocycles. The maximum atomic E-state index is 9.56. The molecule has 0 amide bonds. The summed E-state index contributed by atoms with van der Waals surface area (Å²) in [6.07, 6.45) is 0. The minimum absolute atomic E-state index is 0.0769. The molecule has 4 N–H and O–H groups in total. The van der Waals surface area contributed by atoms with E-state index in [0.717, 1.165) is 11.1 Å². The smallest absolute Gasteiger partial charge is 0.205 e. The fourth-order valence-corrected chi connectivity index (χ4v) is 2.99. The summed E-state index contributed by atoms with van der Waals surface area (Å²) >= 11 is 0. The first-order valence-electron chi connectivity index (χ1n) is 7.88. The van der Waals surface area contributed by atoms with E-state index in [2.05, 4.69) is 51.1 Å². The third-order valence-corrected chi connectivity index (χ3v) is 4.35. The molecule has 2 aromatic rings. The van der Waals surface area contributed by atoms with Crippen LogP contribution in [0.3, 0.4) is 0 Å². The van der Waals surface area contributed by atoms with Crippen LogP contribution in [0.25, 0.3) is 0 Å². The van der Waals surface area contributed by atoms with Crippen LogP contribution in [0.1, 0.15) is 43.4 Å². The van der Waals surface area contributed by atoms with E-state index in [1.807, 2.05) is 12.1 Å². The van der Waals surface area contributed by atoms with Crippen molar-refractivity contribution in [2.75, 3.05) is 5.73 Å². The molecule has 0 unspecified atom stereocenters. The van der Waals surface area contributed by atoms with Gasteiger partial charge < -0.3 is 16.2 Å². The van der Waals surface area contributed by atoms with Gasteiger partial charge in [0.25, 0.3) is 0 Å². The zero-order valence-electron chi connectivity index (χ0n) is 14.1. The van der Waals surface area contributed by atoms with Gasteiger partial charge in [-0.1, -0.05) is 51.1 Å². The van der Waals surface area contributed by atoms with Gasteiger partial charge >= 0.3 is 0 Å². The van der Waals surface area contributed by atoms with Crippen LogP contribution in [-0.4, -0.2) is 0 Å². The van der Waals surface area contributed by atoms with Crippen molar-refractivity contribution < 1.29 is 4.74 Å². The molecule has 24 heavy (non-hydrogen) atoms. The highest BCUT2D eigenvalue weighted by molar-refractivity contribution is 5.59. The number of hydrogen-bond acceptors (Lipinski definition) is 4. The summed E-state index contributed by atoms with van der Waals surface area (Å²) in [5.41, 5.74) is 16.1. The summed E-state index contributed by atoms with van der Waals surface area (Å²) < 4.78 is 5.60. The molecule has 0 radical (unpaired) electrons. The lowest BCUT2D eigenvalue weighted by atomic mass is 9.81. The van der Waals surface area contributed by atoms with Crippen LogP contribution < -0.4 is 16.2 Å². The standard InChI is InChI=1S/C20H21N3O/c1-20(2,3)13-6-4-12(5-7-13)18-15-9-8-14(22)10-17(15)24-19(23)16(18)11-21/h4-10,18H,22-23H2,1-3H3/t18-/m1/s1. The van der Waals surface area contributed by atoms with Crippen molar-refractivity contribution in [3.8, 4) is 11.8 Å². The van der Waals surface area contributed by atoms with Crippen molar-refractivity contribution in [3.05, 3.63) is 70.6 Å². The Labute approximate surface area is 142 Å². The van der Waals surface area contributed by atoms with Gasteiger partial charge in [-0.3, -0.25) is 0 Å². The van der Waals surface area contributed by atoms with Crippen LogP contribution in [0.2, 0.25) is 0 Å². The maximum Gasteiger partial charge on any atom is 0.205 e. The number of anilines is 1. The molecule has 0 spiro atoms. The van der Waals surface area contributed by atoms with E-state index in [-0.39, 0.29) is 17.2 Å². The van der Waals surface area contributed by atoms with Crippen molar-refractivity contribution in [2.24, 2.45) is 5.73 Å². The fraction of sp³-hybridized carbons (Fsp3) is 0.250. The summed E-state index contributed by atoms with van der Waals surface area (Å²) in [5, 5.41) is 9.56. The van der Waals surface area contributed by atoms with Gasteiger partial charge in [0.15, 0.2) is 0 Å².